The molecular formula is C19H22N2O3S. The van der Waals surface area contributed by atoms with Gasteiger partial charge in [-0.25, -0.2) is 9.78 Å². The van der Waals surface area contributed by atoms with Crippen molar-refractivity contribution in [1.82, 2.24) is 10.3 Å². The Balaban J connectivity index is 1.96. The zero-order valence-electron chi connectivity index (χ0n) is 14.4. The smallest absolute Gasteiger partial charge is 0.341 e. The molecule has 0 spiro atoms. The predicted octanol–water partition coefficient (Wildman–Crippen LogP) is 3.69. The number of nitrogens with one attached hydrogen (secondary N) is 1. The second kappa shape index (κ2) is 9.84. The molecule has 2 rings (SSSR count). The Morgan fingerprint density at radius 3 is 2.68 bits per heavy atom. The topological polar surface area (TPSA) is 68.3 Å². The number of rotatable bonds is 8. The molecule has 1 N–H and O–H groups in total. The first-order valence-electron chi connectivity index (χ1n) is 8.24. The third-order valence-electron chi connectivity index (χ3n) is 3.41. The van der Waals surface area contributed by atoms with Crippen LogP contribution in [-0.4, -0.2) is 29.5 Å². The number of carbonyl (C=O) groups is 2. The molecule has 25 heavy (non-hydrogen) atoms. The lowest BCUT2D eigenvalue weighted by Crippen LogP contribution is -2.35. The molecule has 1 atom stereocenters. The average molecular weight is 358 g/mol. The highest BCUT2D eigenvalue weighted by molar-refractivity contribution is 7.99. The Kier molecular flexibility index (Phi) is 7.47. The van der Waals surface area contributed by atoms with Gasteiger partial charge < -0.3 is 10.1 Å². The van der Waals surface area contributed by atoms with Gasteiger partial charge in [0.1, 0.15) is 5.03 Å². The quantitative estimate of drug-likeness (QED) is 0.729. The van der Waals surface area contributed by atoms with E-state index in [-0.39, 0.29) is 18.6 Å². The van der Waals surface area contributed by atoms with Crippen molar-refractivity contribution in [1.29, 1.82) is 0 Å². The summed E-state index contributed by atoms with van der Waals surface area (Å²) in [6.45, 7) is 3.69. The van der Waals surface area contributed by atoms with E-state index in [1.165, 1.54) is 11.8 Å². The van der Waals surface area contributed by atoms with Crippen LogP contribution in [0.25, 0.3) is 0 Å². The van der Waals surface area contributed by atoms with Crippen molar-refractivity contribution in [3.63, 3.8) is 0 Å². The van der Waals surface area contributed by atoms with Crippen molar-refractivity contribution in [2.45, 2.75) is 42.7 Å². The summed E-state index contributed by atoms with van der Waals surface area (Å²) in [4.78, 5) is 29.4. The van der Waals surface area contributed by atoms with E-state index in [0.29, 0.717) is 10.6 Å². The Bertz CT molecular complexity index is 707. The molecule has 1 heterocycles. The summed E-state index contributed by atoms with van der Waals surface area (Å²) in [6, 6.07) is 13.0. The van der Waals surface area contributed by atoms with Crippen LogP contribution in [0.5, 0.6) is 0 Å². The molecule has 1 unspecified atom stereocenters. The molecule has 0 aliphatic carbocycles. The molecule has 0 saturated heterocycles. The Labute approximate surface area is 152 Å². The van der Waals surface area contributed by atoms with E-state index < -0.39 is 5.97 Å². The number of amides is 1. The molecule has 0 aliphatic rings. The minimum absolute atomic E-state index is 0.0683. The van der Waals surface area contributed by atoms with E-state index in [9.17, 15) is 9.59 Å². The predicted molar refractivity (Wildman–Crippen MR) is 97.6 cm³/mol. The van der Waals surface area contributed by atoms with Crippen LogP contribution >= 0.6 is 11.8 Å². The monoisotopic (exact) mass is 358 g/mol. The lowest BCUT2D eigenvalue weighted by Gasteiger charge is -2.13. The number of nitrogens with zero attached hydrogens (tertiary/aromatic N) is 1. The van der Waals surface area contributed by atoms with Crippen molar-refractivity contribution in [3.05, 3.63) is 54.2 Å². The summed E-state index contributed by atoms with van der Waals surface area (Å²) in [5.74, 6) is -0.847. The van der Waals surface area contributed by atoms with Crippen LogP contribution in [-0.2, 0) is 9.53 Å². The molecule has 0 fully saturated rings. The van der Waals surface area contributed by atoms with Crippen LogP contribution in [0.3, 0.4) is 0 Å². The van der Waals surface area contributed by atoms with Gasteiger partial charge in [0.2, 0.25) is 0 Å². The molecule has 6 heteroatoms. The highest BCUT2D eigenvalue weighted by atomic mass is 32.2. The summed E-state index contributed by atoms with van der Waals surface area (Å²) < 4.78 is 5.14. The van der Waals surface area contributed by atoms with Crippen LogP contribution in [0.15, 0.2) is 58.6 Å². The van der Waals surface area contributed by atoms with Gasteiger partial charge in [0.15, 0.2) is 6.61 Å². The third kappa shape index (κ3) is 6.23. The van der Waals surface area contributed by atoms with E-state index in [0.717, 1.165) is 17.7 Å². The second-order valence-electron chi connectivity index (χ2n) is 5.60. The van der Waals surface area contributed by atoms with Crippen LogP contribution in [0.4, 0.5) is 0 Å². The molecule has 2 aromatic rings. The molecule has 0 saturated carbocycles. The minimum atomic E-state index is -0.551. The maximum atomic E-state index is 12.3. The fourth-order valence-electron chi connectivity index (χ4n) is 2.26. The Morgan fingerprint density at radius 2 is 1.96 bits per heavy atom. The van der Waals surface area contributed by atoms with Crippen molar-refractivity contribution < 1.29 is 14.3 Å². The van der Waals surface area contributed by atoms with Gasteiger partial charge in [-0.2, -0.15) is 0 Å². The normalized spacial score (nSPS) is 11.6. The van der Waals surface area contributed by atoms with E-state index in [4.69, 9.17) is 4.74 Å². The van der Waals surface area contributed by atoms with Gasteiger partial charge >= 0.3 is 5.97 Å². The van der Waals surface area contributed by atoms with Gasteiger partial charge in [-0.1, -0.05) is 43.3 Å². The van der Waals surface area contributed by atoms with E-state index >= 15 is 0 Å². The van der Waals surface area contributed by atoms with E-state index in [1.807, 2.05) is 37.3 Å². The molecule has 1 aromatic carbocycles. The van der Waals surface area contributed by atoms with Gasteiger partial charge in [0.25, 0.3) is 5.91 Å². The minimum Gasteiger partial charge on any atom is -0.452 e. The molecule has 1 amide bonds. The first kappa shape index (κ1) is 19.0. The SMILES string of the molecule is CCCC(C)NC(=O)COC(=O)c1cccnc1Sc1ccccc1. The van der Waals surface area contributed by atoms with Crippen molar-refractivity contribution in [3.8, 4) is 0 Å². The number of pyridine rings is 1. The van der Waals surface area contributed by atoms with Crippen LogP contribution in [0, 0.1) is 0 Å². The third-order valence-corrected chi connectivity index (χ3v) is 4.44. The first-order chi connectivity index (χ1) is 12.1. The largest absolute Gasteiger partial charge is 0.452 e. The first-order valence-corrected chi connectivity index (χ1v) is 9.06. The molecular weight excluding hydrogens is 336 g/mol. The number of aromatic nitrogens is 1. The Morgan fingerprint density at radius 1 is 1.20 bits per heavy atom. The van der Waals surface area contributed by atoms with Crippen molar-refractivity contribution in [2.24, 2.45) is 0 Å². The van der Waals surface area contributed by atoms with E-state index in [1.54, 1.807) is 18.3 Å². The molecule has 132 valence electrons. The van der Waals surface area contributed by atoms with Gasteiger partial charge in [0, 0.05) is 17.1 Å². The van der Waals surface area contributed by atoms with Crippen molar-refractivity contribution in [2.75, 3.05) is 6.61 Å². The second-order valence-corrected chi connectivity index (χ2v) is 6.67. The zero-order chi connectivity index (χ0) is 18.1. The summed E-state index contributed by atoms with van der Waals surface area (Å²) in [7, 11) is 0. The highest BCUT2D eigenvalue weighted by Gasteiger charge is 2.16. The fraction of sp³-hybridized carbons (Fsp3) is 0.316. The van der Waals surface area contributed by atoms with Gasteiger partial charge in [0.05, 0.1) is 5.56 Å². The van der Waals surface area contributed by atoms with Crippen LogP contribution in [0.2, 0.25) is 0 Å². The van der Waals surface area contributed by atoms with E-state index in [2.05, 4.69) is 17.2 Å². The molecule has 1 aromatic heterocycles. The summed E-state index contributed by atoms with van der Waals surface area (Å²) in [5, 5.41) is 3.36. The number of ether oxygens (including phenoxy) is 1. The van der Waals surface area contributed by atoms with Crippen LogP contribution < -0.4 is 5.32 Å². The van der Waals surface area contributed by atoms with Gasteiger partial charge in [-0.15, -0.1) is 0 Å². The fourth-order valence-corrected chi connectivity index (χ4v) is 3.15. The molecule has 0 radical (unpaired) electrons. The Hall–Kier alpha value is -2.34. The number of esters is 1. The number of hydrogen-bond acceptors (Lipinski definition) is 5. The average Bonchev–Trinajstić information content (AvgIpc) is 2.61. The number of benzene rings is 1. The zero-order valence-corrected chi connectivity index (χ0v) is 15.2. The lowest BCUT2D eigenvalue weighted by molar-refractivity contribution is -0.124. The maximum Gasteiger partial charge on any atom is 0.341 e. The number of hydrogen-bond donors (Lipinski definition) is 1. The molecule has 0 aliphatic heterocycles. The van der Waals surface area contributed by atoms with Gasteiger partial charge in [-0.05, 0) is 37.6 Å². The molecule has 0 bridgehead atoms. The lowest BCUT2D eigenvalue weighted by atomic mass is 10.2. The molecule has 5 nitrogen and oxygen atoms in total. The maximum absolute atomic E-state index is 12.3. The number of carbonyl (C=O) groups excluding carboxylic acids is 2. The highest BCUT2D eigenvalue weighted by Crippen LogP contribution is 2.28. The van der Waals surface area contributed by atoms with Crippen molar-refractivity contribution >= 4 is 23.6 Å². The summed E-state index contributed by atoms with van der Waals surface area (Å²) in [5.41, 5.74) is 0.353. The summed E-state index contributed by atoms with van der Waals surface area (Å²) >= 11 is 1.38. The summed E-state index contributed by atoms with van der Waals surface area (Å²) in [6.07, 6.45) is 3.50. The van der Waals surface area contributed by atoms with Gasteiger partial charge in [-0.3, -0.25) is 4.79 Å². The van der Waals surface area contributed by atoms with Crippen LogP contribution in [0.1, 0.15) is 37.0 Å². The standard InChI is InChI=1S/C19H22N2O3S/c1-3-8-14(2)21-17(22)13-24-19(23)16-11-7-12-20-18(16)25-15-9-5-4-6-10-15/h4-7,9-12,14H,3,8,13H2,1-2H3,(H,21,22).